The monoisotopic (exact) mass is 245 g/mol. The van der Waals surface area contributed by atoms with E-state index in [4.69, 9.17) is 40.1 Å². The molecule has 1 rings (SSSR count). The largest absolute Gasteiger partial charge is 0.193 e. The molecule has 72 valence electrons. The first kappa shape index (κ1) is 11.4. The fraction of sp³-hybridized carbons (Fsp3) is 0.100. The van der Waals surface area contributed by atoms with Crippen molar-refractivity contribution in [2.45, 2.75) is 6.92 Å². The second kappa shape index (κ2) is 4.70. The van der Waals surface area contributed by atoms with Crippen molar-refractivity contribution in [3.05, 3.63) is 39.4 Å². The van der Waals surface area contributed by atoms with Crippen molar-refractivity contribution in [3.63, 3.8) is 0 Å². The third-order valence-corrected chi connectivity index (χ3v) is 2.99. The number of allylic oxidation sites excluding steroid dienone is 1. The number of rotatable bonds is 1. The summed E-state index contributed by atoms with van der Waals surface area (Å²) in [6.07, 6.45) is 0. The molecule has 4 heteroatoms. The Balaban J connectivity index is 3.36. The van der Waals surface area contributed by atoms with Gasteiger partial charge in [0.05, 0.1) is 21.1 Å². The zero-order valence-corrected chi connectivity index (χ0v) is 9.58. The van der Waals surface area contributed by atoms with Gasteiger partial charge < -0.3 is 0 Å². The van der Waals surface area contributed by atoms with Crippen molar-refractivity contribution >= 4 is 39.8 Å². The van der Waals surface area contributed by atoms with Crippen LogP contribution in [-0.2, 0) is 0 Å². The topological polar surface area (TPSA) is 23.8 Å². The lowest BCUT2D eigenvalue weighted by Gasteiger charge is -2.04. The van der Waals surface area contributed by atoms with Gasteiger partial charge in [-0.1, -0.05) is 46.9 Å². The molecule has 0 fully saturated rings. The highest BCUT2D eigenvalue weighted by Gasteiger charge is 2.09. The van der Waals surface area contributed by atoms with Crippen molar-refractivity contribution in [1.82, 2.24) is 0 Å². The molecular formula is C10H6Cl3N. The number of hydrogen-bond donors (Lipinski definition) is 0. The van der Waals surface area contributed by atoms with Gasteiger partial charge in [-0.15, -0.1) is 0 Å². The van der Waals surface area contributed by atoms with Crippen LogP contribution in [0, 0.1) is 11.3 Å². The summed E-state index contributed by atoms with van der Waals surface area (Å²) in [5.74, 6) is 0. The summed E-state index contributed by atoms with van der Waals surface area (Å²) in [7, 11) is 0. The first-order chi connectivity index (χ1) is 6.57. The molecule has 0 aliphatic rings. The van der Waals surface area contributed by atoms with E-state index in [9.17, 15) is 0 Å². The highest BCUT2D eigenvalue weighted by atomic mass is 35.5. The highest BCUT2D eigenvalue weighted by molar-refractivity contribution is 6.52. The fourth-order valence-electron chi connectivity index (χ4n) is 0.924. The molecular weight excluding hydrogens is 240 g/mol. The van der Waals surface area contributed by atoms with Crippen LogP contribution in [0.15, 0.2) is 23.8 Å². The Labute approximate surface area is 97.5 Å². The second-order valence-electron chi connectivity index (χ2n) is 2.65. The van der Waals surface area contributed by atoms with E-state index in [0.717, 1.165) is 0 Å². The van der Waals surface area contributed by atoms with E-state index in [2.05, 4.69) is 0 Å². The van der Waals surface area contributed by atoms with Gasteiger partial charge in [0.25, 0.3) is 0 Å². The van der Waals surface area contributed by atoms with Gasteiger partial charge in [0, 0.05) is 11.1 Å². The molecule has 1 aromatic rings. The van der Waals surface area contributed by atoms with E-state index in [1.165, 1.54) is 0 Å². The van der Waals surface area contributed by atoms with Gasteiger partial charge in [0.1, 0.15) is 0 Å². The quantitative estimate of drug-likeness (QED) is 0.670. The van der Waals surface area contributed by atoms with Crippen LogP contribution in [0.4, 0.5) is 0 Å². The zero-order chi connectivity index (χ0) is 10.7. The molecule has 0 aliphatic carbocycles. The van der Waals surface area contributed by atoms with Gasteiger partial charge >= 0.3 is 0 Å². The summed E-state index contributed by atoms with van der Waals surface area (Å²) in [6.45, 7) is 1.62. The van der Waals surface area contributed by atoms with Crippen LogP contribution in [0.3, 0.4) is 0 Å². The van der Waals surface area contributed by atoms with Gasteiger partial charge in [-0.05, 0) is 13.0 Å². The van der Waals surface area contributed by atoms with E-state index in [1.807, 2.05) is 6.07 Å². The van der Waals surface area contributed by atoms with Crippen LogP contribution in [-0.4, -0.2) is 0 Å². The fourth-order valence-corrected chi connectivity index (χ4v) is 1.57. The lowest BCUT2D eigenvalue weighted by atomic mass is 10.1. The standard InChI is InChI=1S/C10H6Cl3N/c1-6(5-14)9(12)7-3-2-4-8(11)10(7)13/h2-4H,1H3. The van der Waals surface area contributed by atoms with Crippen molar-refractivity contribution in [1.29, 1.82) is 5.26 Å². The molecule has 0 saturated carbocycles. The van der Waals surface area contributed by atoms with Crippen LogP contribution < -0.4 is 0 Å². The Kier molecular flexibility index (Phi) is 3.83. The Morgan fingerprint density at radius 1 is 1.36 bits per heavy atom. The summed E-state index contributed by atoms with van der Waals surface area (Å²) in [4.78, 5) is 0. The average Bonchev–Trinajstić information content (AvgIpc) is 2.20. The van der Waals surface area contributed by atoms with E-state index in [1.54, 1.807) is 25.1 Å². The van der Waals surface area contributed by atoms with Crippen LogP contribution in [0.2, 0.25) is 10.0 Å². The Bertz CT molecular complexity index is 429. The summed E-state index contributed by atoms with van der Waals surface area (Å²) in [5.41, 5.74) is 0.996. The molecule has 14 heavy (non-hydrogen) atoms. The molecule has 0 N–H and O–H groups in total. The maximum Gasteiger partial charge on any atom is 0.0959 e. The predicted molar refractivity (Wildman–Crippen MR) is 60.5 cm³/mol. The van der Waals surface area contributed by atoms with Gasteiger partial charge in [-0.2, -0.15) is 5.26 Å². The van der Waals surface area contributed by atoms with Gasteiger partial charge in [-0.3, -0.25) is 0 Å². The van der Waals surface area contributed by atoms with Crippen molar-refractivity contribution in [3.8, 4) is 6.07 Å². The molecule has 0 spiro atoms. The third-order valence-electron chi connectivity index (χ3n) is 1.69. The Morgan fingerprint density at radius 3 is 2.57 bits per heavy atom. The van der Waals surface area contributed by atoms with Crippen LogP contribution in [0.1, 0.15) is 12.5 Å². The average molecular weight is 247 g/mol. The Hall–Kier alpha value is -0.680. The van der Waals surface area contributed by atoms with E-state index in [0.29, 0.717) is 26.2 Å². The number of halogens is 3. The maximum absolute atomic E-state index is 8.66. The molecule has 1 aromatic carbocycles. The minimum absolute atomic E-state index is 0.333. The Morgan fingerprint density at radius 2 is 2.00 bits per heavy atom. The smallest absolute Gasteiger partial charge is 0.0959 e. The summed E-state index contributed by atoms with van der Waals surface area (Å²) >= 11 is 17.7. The molecule has 0 saturated heterocycles. The highest BCUT2D eigenvalue weighted by Crippen LogP contribution is 2.33. The minimum atomic E-state index is 0.333. The molecule has 0 atom stereocenters. The van der Waals surface area contributed by atoms with E-state index < -0.39 is 0 Å². The molecule has 1 nitrogen and oxygen atoms in total. The lowest BCUT2D eigenvalue weighted by molar-refractivity contribution is 1.45. The number of benzene rings is 1. The van der Waals surface area contributed by atoms with Gasteiger partial charge in [-0.25, -0.2) is 0 Å². The summed E-state index contributed by atoms with van der Waals surface area (Å²) in [6, 6.07) is 7.07. The van der Waals surface area contributed by atoms with Crippen LogP contribution in [0.25, 0.3) is 5.03 Å². The normalized spacial score (nSPS) is 11.9. The second-order valence-corrected chi connectivity index (χ2v) is 3.82. The van der Waals surface area contributed by atoms with Crippen molar-refractivity contribution in [2.24, 2.45) is 0 Å². The predicted octanol–water partition coefficient (Wildman–Crippen LogP) is 4.49. The van der Waals surface area contributed by atoms with E-state index >= 15 is 0 Å². The van der Waals surface area contributed by atoms with E-state index in [-0.39, 0.29) is 0 Å². The molecule has 0 amide bonds. The molecule has 0 aliphatic heterocycles. The maximum atomic E-state index is 8.66. The lowest BCUT2D eigenvalue weighted by Crippen LogP contribution is -1.83. The molecule has 0 unspecified atom stereocenters. The summed E-state index contributed by atoms with van der Waals surface area (Å²) < 4.78 is 0. The molecule has 0 bridgehead atoms. The SMILES string of the molecule is CC(C#N)=C(Cl)c1cccc(Cl)c1Cl. The van der Waals surface area contributed by atoms with Crippen LogP contribution in [0.5, 0.6) is 0 Å². The first-order valence-corrected chi connectivity index (χ1v) is 4.92. The number of hydrogen-bond acceptors (Lipinski definition) is 1. The summed E-state index contributed by atoms with van der Waals surface area (Å²) in [5, 5.41) is 9.79. The third kappa shape index (κ3) is 2.22. The van der Waals surface area contributed by atoms with Crippen molar-refractivity contribution < 1.29 is 0 Å². The number of nitrogens with zero attached hydrogens (tertiary/aromatic N) is 1. The molecule has 0 heterocycles. The zero-order valence-electron chi connectivity index (χ0n) is 7.31. The molecule has 0 radical (unpaired) electrons. The number of nitriles is 1. The first-order valence-electron chi connectivity index (χ1n) is 3.78. The van der Waals surface area contributed by atoms with Crippen molar-refractivity contribution in [2.75, 3.05) is 0 Å². The van der Waals surface area contributed by atoms with Gasteiger partial charge in [0.15, 0.2) is 0 Å². The van der Waals surface area contributed by atoms with Gasteiger partial charge in [0.2, 0.25) is 0 Å². The minimum Gasteiger partial charge on any atom is -0.193 e. The van der Waals surface area contributed by atoms with Crippen LogP contribution >= 0.6 is 34.8 Å². The molecule has 0 aromatic heterocycles.